The maximum atomic E-state index is 12.9. The summed E-state index contributed by atoms with van der Waals surface area (Å²) in [5, 5.41) is 21.5. The molecule has 1 amide bonds. The average Bonchev–Trinajstić information content (AvgIpc) is 2.81. The van der Waals surface area contributed by atoms with Crippen LogP contribution in [0.1, 0.15) is 21.5 Å². The second-order valence-electron chi connectivity index (χ2n) is 8.62. The van der Waals surface area contributed by atoms with E-state index in [0.29, 0.717) is 11.1 Å². The van der Waals surface area contributed by atoms with Crippen molar-refractivity contribution in [1.82, 2.24) is 5.32 Å². The van der Waals surface area contributed by atoms with Crippen molar-refractivity contribution < 1.29 is 37.7 Å². The number of carboxylic acid groups (broad SMARTS) is 1. The number of aromatic hydroxyl groups is 1. The zero-order valence-electron chi connectivity index (χ0n) is 20.0. The van der Waals surface area contributed by atoms with Gasteiger partial charge in [0.2, 0.25) is 7.37 Å². The van der Waals surface area contributed by atoms with Gasteiger partial charge < -0.3 is 20.4 Å². The first-order valence-corrected chi connectivity index (χ1v) is 15.6. The number of carbonyl (C=O) groups excluding carboxylic acids is 1. The molecule has 0 aliphatic rings. The standard InChI is InChI=1S/C25H24Cl2NO8PS/c1-38(35,36)19-7-2-4-15(10-19)13-22(25(31)32)28-24(30)23-20(26)11-16(12-21(23)27)8-9-37(33,34)18-6-3-5-17(29)14-18/h2-7,10-12,14,22,29H,8-9,13H2,1H3,(H,28,30)(H,31,32)(H,33,34). The van der Waals surface area contributed by atoms with Crippen LogP contribution in [0.4, 0.5) is 0 Å². The Morgan fingerprint density at radius 3 is 2.21 bits per heavy atom. The van der Waals surface area contributed by atoms with Crippen molar-refractivity contribution >= 4 is 57.6 Å². The van der Waals surface area contributed by atoms with Crippen LogP contribution in [0.2, 0.25) is 10.0 Å². The van der Waals surface area contributed by atoms with E-state index in [1.165, 1.54) is 54.6 Å². The van der Waals surface area contributed by atoms with Crippen molar-refractivity contribution in [3.05, 3.63) is 87.4 Å². The summed E-state index contributed by atoms with van der Waals surface area (Å²) in [5.74, 6) is -2.34. The first-order chi connectivity index (χ1) is 17.7. The van der Waals surface area contributed by atoms with Gasteiger partial charge in [0.25, 0.3) is 5.91 Å². The zero-order chi connectivity index (χ0) is 28.3. The first-order valence-electron chi connectivity index (χ1n) is 11.1. The second-order valence-corrected chi connectivity index (χ2v) is 13.8. The third kappa shape index (κ3) is 7.58. The summed E-state index contributed by atoms with van der Waals surface area (Å²) >= 11 is 12.6. The molecule has 0 saturated heterocycles. The number of sulfone groups is 1. The minimum atomic E-state index is -3.80. The van der Waals surface area contributed by atoms with Gasteiger partial charge in [0.05, 0.1) is 20.5 Å². The minimum absolute atomic E-state index is 0.0173. The highest BCUT2D eigenvalue weighted by atomic mass is 35.5. The lowest BCUT2D eigenvalue weighted by atomic mass is 10.0. The van der Waals surface area contributed by atoms with Gasteiger partial charge in [0.1, 0.15) is 11.8 Å². The van der Waals surface area contributed by atoms with Crippen LogP contribution in [0.5, 0.6) is 5.75 Å². The van der Waals surface area contributed by atoms with Crippen molar-refractivity contribution in [1.29, 1.82) is 0 Å². The van der Waals surface area contributed by atoms with Gasteiger partial charge in [-0.15, -0.1) is 0 Å². The maximum absolute atomic E-state index is 12.9. The van der Waals surface area contributed by atoms with E-state index in [1.54, 1.807) is 6.07 Å². The molecular formula is C25H24Cl2NO8PS. The molecule has 0 aromatic heterocycles. The molecule has 9 nitrogen and oxygen atoms in total. The fraction of sp³-hybridized carbons (Fsp3) is 0.200. The van der Waals surface area contributed by atoms with E-state index >= 15 is 0 Å². The monoisotopic (exact) mass is 599 g/mol. The second kappa shape index (κ2) is 11.9. The van der Waals surface area contributed by atoms with Crippen LogP contribution < -0.4 is 10.6 Å². The molecule has 0 aliphatic carbocycles. The van der Waals surface area contributed by atoms with Crippen molar-refractivity contribution in [2.45, 2.75) is 23.8 Å². The minimum Gasteiger partial charge on any atom is -0.508 e. The Balaban J connectivity index is 1.76. The van der Waals surface area contributed by atoms with Crippen molar-refractivity contribution in [2.75, 3.05) is 12.4 Å². The fourth-order valence-corrected chi connectivity index (χ4v) is 6.54. The van der Waals surface area contributed by atoms with E-state index in [2.05, 4.69) is 5.32 Å². The molecular weight excluding hydrogens is 576 g/mol. The Bertz CT molecular complexity index is 1520. The number of rotatable bonds is 10. The number of amides is 1. The van der Waals surface area contributed by atoms with Gasteiger partial charge in [0.15, 0.2) is 9.84 Å². The molecule has 2 atom stereocenters. The Hall–Kier alpha value is -2.88. The van der Waals surface area contributed by atoms with E-state index in [1.807, 2.05) is 0 Å². The molecule has 3 rings (SSSR count). The van der Waals surface area contributed by atoms with Crippen LogP contribution in [0.15, 0.2) is 65.6 Å². The van der Waals surface area contributed by atoms with Gasteiger partial charge in [-0.05, 0) is 60.0 Å². The fourth-order valence-electron chi connectivity index (χ4n) is 3.68. The molecule has 0 aliphatic heterocycles. The molecule has 202 valence electrons. The molecule has 13 heteroatoms. The third-order valence-corrected chi connectivity index (χ3v) is 9.26. The highest BCUT2D eigenvalue weighted by Crippen LogP contribution is 2.41. The van der Waals surface area contributed by atoms with Crippen molar-refractivity contribution in [3.8, 4) is 5.75 Å². The molecule has 2 unspecified atom stereocenters. The lowest BCUT2D eigenvalue weighted by Gasteiger charge is -2.17. The van der Waals surface area contributed by atoms with Crippen LogP contribution in [0.3, 0.4) is 0 Å². The number of halogens is 2. The highest BCUT2D eigenvalue weighted by molar-refractivity contribution is 7.90. The van der Waals surface area contributed by atoms with Crippen LogP contribution >= 0.6 is 30.6 Å². The number of phenols is 1. The van der Waals surface area contributed by atoms with Crippen LogP contribution in [-0.4, -0.2) is 53.9 Å². The molecule has 0 saturated carbocycles. The summed E-state index contributed by atoms with van der Waals surface area (Å²) in [6, 6.07) is 12.6. The van der Waals surface area contributed by atoms with E-state index in [9.17, 15) is 37.7 Å². The summed E-state index contributed by atoms with van der Waals surface area (Å²) in [4.78, 5) is 35.2. The lowest BCUT2D eigenvalue weighted by molar-refractivity contribution is -0.139. The Morgan fingerprint density at radius 1 is 1.00 bits per heavy atom. The first kappa shape index (κ1) is 29.7. The van der Waals surface area contributed by atoms with Crippen LogP contribution in [-0.2, 0) is 32.0 Å². The van der Waals surface area contributed by atoms with Crippen LogP contribution in [0, 0.1) is 0 Å². The Labute approximate surface area is 229 Å². The number of hydrogen-bond donors (Lipinski definition) is 4. The molecule has 0 fully saturated rings. The van der Waals surface area contributed by atoms with Gasteiger partial charge in [-0.25, -0.2) is 13.2 Å². The molecule has 3 aromatic carbocycles. The van der Waals surface area contributed by atoms with E-state index < -0.39 is 35.1 Å². The SMILES string of the molecule is CS(=O)(=O)c1cccc(CC(NC(=O)c2c(Cl)cc(CCP(=O)(O)c3cccc(O)c3)cc2Cl)C(=O)O)c1. The predicted octanol–water partition coefficient (Wildman–Crippen LogP) is 3.67. The van der Waals surface area contributed by atoms with Gasteiger partial charge >= 0.3 is 5.97 Å². The normalized spacial score (nSPS) is 13.9. The zero-order valence-corrected chi connectivity index (χ0v) is 23.2. The predicted molar refractivity (Wildman–Crippen MR) is 145 cm³/mol. The van der Waals surface area contributed by atoms with Gasteiger partial charge in [-0.1, -0.05) is 41.4 Å². The quantitative estimate of drug-likeness (QED) is 0.257. The maximum Gasteiger partial charge on any atom is 0.326 e. The highest BCUT2D eigenvalue weighted by Gasteiger charge is 2.26. The summed E-state index contributed by atoms with van der Waals surface area (Å²) < 4.78 is 36.3. The van der Waals surface area contributed by atoms with E-state index in [4.69, 9.17) is 23.2 Å². The van der Waals surface area contributed by atoms with Crippen molar-refractivity contribution in [2.24, 2.45) is 0 Å². The number of carboxylic acids is 1. The topological polar surface area (TPSA) is 158 Å². The number of phenolic OH excluding ortho intramolecular Hbond substituents is 1. The number of hydrogen-bond acceptors (Lipinski definition) is 6. The summed E-state index contributed by atoms with van der Waals surface area (Å²) in [5.41, 5.74) is 0.681. The smallest absolute Gasteiger partial charge is 0.326 e. The average molecular weight is 600 g/mol. The molecule has 0 radical (unpaired) electrons. The van der Waals surface area contributed by atoms with Gasteiger partial charge in [-0.2, -0.15) is 0 Å². The molecule has 4 N–H and O–H groups in total. The number of aliphatic carboxylic acids is 1. The largest absolute Gasteiger partial charge is 0.508 e. The summed E-state index contributed by atoms with van der Waals surface area (Å²) in [6.07, 6.45) is 0.738. The summed E-state index contributed by atoms with van der Waals surface area (Å²) in [7, 11) is -7.31. The molecule has 0 heterocycles. The molecule has 0 bridgehead atoms. The van der Waals surface area contributed by atoms with Gasteiger partial charge in [0, 0.05) is 24.1 Å². The molecule has 0 spiro atoms. The molecule has 38 heavy (non-hydrogen) atoms. The van der Waals surface area contributed by atoms with E-state index in [-0.39, 0.29) is 50.6 Å². The number of nitrogens with one attached hydrogen (secondary N) is 1. The van der Waals surface area contributed by atoms with Gasteiger partial charge in [-0.3, -0.25) is 9.36 Å². The third-order valence-electron chi connectivity index (χ3n) is 5.64. The number of benzene rings is 3. The van der Waals surface area contributed by atoms with Crippen molar-refractivity contribution in [3.63, 3.8) is 0 Å². The molecule has 3 aromatic rings. The number of aryl methyl sites for hydroxylation is 1. The summed E-state index contributed by atoms with van der Waals surface area (Å²) in [6.45, 7) is 0. The van der Waals surface area contributed by atoms with E-state index in [0.717, 1.165) is 6.26 Å². The Morgan fingerprint density at radius 2 is 1.63 bits per heavy atom. The number of carbonyl (C=O) groups is 2. The Kier molecular flexibility index (Phi) is 9.28. The lowest BCUT2D eigenvalue weighted by Crippen LogP contribution is -2.42. The van der Waals surface area contributed by atoms with Crippen LogP contribution in [0.25, 0.3) is 0 Å².